The van der Waals surface area contributed by atoms with Crippen LogP contribution in [-0.4, -0.2) is 45.5 Å². The predicted octanol–water partition coefficient (Wildman–Crippen LogP) is 5.40. The molecule has 10 heteroatoms. The third kappa shape index (κ3) is 6.24. The van der Waals surface area contributed by atoms with Gasteiger partial charge in [-0.2, -0.15) is 0 Å². The molecule has 1 amide bonds. The Morgan fingerprint density at radius 3 is 2.30 bits per heavy atom. The fourth-order valence-electron chi connectivity index (χ4n) is 4.04. The summed E-state index contributed by atoms with van der Waals surface area (Å²) in [7, 11) is 3.26. The van der Waals surface area contributed by atoms with E-state index in [1.54, 1.807) is 32.5 Å². The second-order valence-corrected chi connectivity index (χ2v) is 9.84. The predicted molar refractivity (Wildman–Crippen MR) is 152 cm³/mol. The van der Waals surface area contributed by atoms with Gasteiger partial charge in [-0.25, -0.2) is 4.98 Å². The van der Waals surface area contributed by atoms with Crippen LogP contribution >= 0.6 is 11.8 Å². The number of nitrogens with zero attached hydrogens (tertiary/aromatic N) is 5. The minimum atomic E-state index is -0.212. The Balaban J connectivity index is 1.36. The molecule has 0 spiro atoms. The van der Waals surface area contributed by atoms with E-state index < -0.39 is 0 Å². The number of amides is 1. The molecule has 0 saturated carbocycles. The van der Waals surface area contributed by atoms with Crippen molar-refractivity contribution in [2.24, 2.45) is 0 Å². The van der Waals surface area contributed by atoms with Crippen LogP contribution < -0.4 is 14.8 Å². The number of carbonyl (C=O) groups is 1. The number of rotatable bonds is 9. The number of nitrogens with one attached hydrogen (secondary N) is 1. The van der Waals surface area contributed by atoms with Crippen LogP contribution in [0.4, 0.5) is 0 Å². The van der Waals surface area contributed by atoms with Crippen LogP contribution in [0.2, 0.25) is 0 Å². The second kappa shape index (κ2) is 12.4. The smallest absolute Gasteiger partial charge is 0.254 e. The molecule has 0 aliphatic rings. The Labute approximate surface area is 236 Å². The van der Waals surface area contributed by atoms with Gasteiger partial charge in [0.2, 0.25) is 5.82 Å². The second-order valence-electron chi connectivity index (χ2n) is 8.81. The zero-order chi connectivity index (χ0) is 27.9. The van der Waals surface area contributed by atoms with E-state index in [-0.39, 0.29) is 5.91 Å². The highest BCUT2D eigenvalue weighted by molar-refractivity contribution is 7.99. The molecular formula is C30H26N6O3S. The maximum Gasteiger partial charge on any atom is 0.254 e. The van der Waals surface area contributed by atoms with Gasteiger partial charge in [0.15, 0.2) is 6.33 Å². The molecule has 2 aromatic heterocycles. The van der Waals surface area contributed by atoms with E-state index in [4.69, 9.17) is 9.47 Å². The third-order valence-electron chi connectivity index (χ3n) is 6.09. The van der Waals surface area contributed by atoms with Crippen LogP contribution in [0.3, 0.4) is 0 Å². The van der Waals surface area contributed by atoms with Gasteiger partial charge < -0.3 is 14.8 Å². The molecule has 2 heterocycles. The van der Waals surface area contributed by atoms with Crippen molar-refractivity contribution < 1.29 is 14.3 Å². The first kappa shape index (κ1) is 26.8. The average Bonchev–Trinajstić information content (AvgIpc) is 3.01. The highest BCUT2D eigenvalue weighted by Gasteiger charge is 2.17. The topological polar surface area (TPSA) is 112 Å². The molecule has 9 nitrogen and oxygen atoms in total. The van der Waals surface area contributed by atoms with Gasteiger partial charge in [-0.1, -0.05) is 53.7 Å². The molecule has 0 aliphatic heterocycles. The average molecular weight is 551 g/mol. The Bertz CT molecular complexity index is 1610. The third-order valence-corrected chi connectivity index (χ3v) is 7.19. The summed E-state index contributed by atoms with van der Waals surface area (Å²) in [6.45, 7) is 2.39. The summed E-state index contributed by atoms with van der Waals surface area (Å²) in [5, 5.41) is 19.1. The van der Waals surface area contributed by atoms with E-state index in [9.17, 15) is 4.79 Å². The molecule has 0 aliphatic carbocycles. The van der Waals surface area contributed by atoms with Gasteiger partial charge in [-0.05, 0) is 53.9 Å². The zero-order valence-electron chi connectivity index (χ0n) is 22.2. The lowest BCUT2D eigenvalue weighted by Gasteiger charge is -2.14. The molecule has 0 fully saturated rings. The van der Waals surface area contributed by atoms with Gasteiger partial charge in [0.25, 0.3) is 5.91 Å². The lowest BCUT2D eigenvalue weighted by molar-refractivity contribution is 0.0947. The number of aryl methyl sites for hydroxylation is 1. The monoisotopic (exact) mass is 550 g/mol. The van der Waals surface area contributed by atoms with Crippen molar-refractivity contribution in [1.29, 1.82) is 0 Å². The summed E-state index contributed by atoms with van der Waals surface area (Å²) in [5.74, 6) is 1.62. The van der Waals surface area contributed by atoms with E-state index in [2.05, 4.69) is 36.8 Å². The van der Waals surface area contributed by atoms with Gasteiger partial charge in [0, 0.05) is 29.3 Å². The Kier molecular flexibility index (Phi) is 8.26. The van der Waals surface area contributed by atoms with Crippen molar-refractivity contribution in [3.63, 3.8) is 0 Å². The number of pyridine rings is 1. The molecule has 0 atom stereocenters. The van der Waals surface area contributed by atoms with Crippen molar-refractivity contribution >= 4 is 17.7 Å². The number of hydrogen-bond acceptors (Lipinski definition) is 9. The van der Waals surface area contributed by atoms with Gasteiger partial charge in [0.1, 0.15) is 16.5 Å². The summed E-state index contributed by atoms with van der Waals surface area (Å²) >= 11 is 1.44. The number of carbonyl (C=O) groups excluding carboxylic acids is 1. The summed E-state index contributed by atoms with van der Waals surface area (Å²) in [4.78, 5) is 18.8. The molecule has 3 aromatic carbocycles. The fraction of sp³-hybridized carbons (Fsp3) is 0.133. The number of methoxy groups -OCH3 is 2. The molecule has 0 unspecified atom stereocenters. The fourth-order valence-corrected chi connectivity index (χ4v) is 5.05. The Morgan fingerprint density at radius 2 is 1.60 bits per heavy atom. The van der Waals surface area contributed by atoms with Crippen molar-refractivity contribution in [2.75, 3.05) is 14.2 Å². The number of ether oxygens (including phenoxy) is 2. The van der Waals surface area contributed by atoms with E-state index in [1.807, 2.05) is 61.5 Å². The summed E-state index contributed by atoms with van der Waals surface area (Å²) < 4.78 is 11.0. The zero-order valence-corrected chi connectivity index (χ0v) is 23.0. The molecule has 5 aromatic rings. The number of benzene rings is 3. The van der Waals surface area contributed by atoms with Gasteiger partial charge in [-0.3, -0.25) is 4.79 Å². The molecular weight excluding hydrogens is 524 g/mol. The molecule has 0 bridgehead atoms. The van der Waals surface area contributed by atoms with Crippen LogP contribution in [0, 0.1) is 6.92 Å². The molecule has 1 N–H and O–H groups in total. The highest BCUT2D eigenvalue weighted by atomic mass is 32.2. The quantitative estimate of drug-likeness (QED) is 0.258. The molecule has 5 rings (SSSR count). The van der Waals surface area contributed by atoms with Crippen LogP contribution in [0.15, 0.2) is 95.2 Å². The summed E-state index contributed by atoms with van der Waals surface area (Å²) in [6, 6.07) is 23.1. The van der Waals surface area contributed by atoms with Crippen molar-refractivity contribution in [3.8, 4) is 34.0 Å². The van der Waals surface area contributed by atoms with Crippen molar-refractivity contribution in [3.05, 3.63) is 102 Å². The van der Waals surface area contributed by atoms with Crippen LogP contribution in [0.25, 0.3) is 22.5 Å². The first-order chi connectivity index (χ1) is 19.5. The lowest BCUT2D eigenvalue weighted by atomic mass is 10.0. The standard InChI is InChI=1S/C30H26N6O3S/c1-19-6-11-27(26(13-19)22-14-23(38-2)16-24(15-22)39-3)40-30-25(5-4-12-31-30)29(37)32-17-20-7-9-21(10-8-20)28-35-33-18-34-36-28/h4-16,18H,17H2,1-3H3,(H,32,37). The largest absolute Gasteiger partial charge is 0.497 e. The Morgan fingerprint density at radius 1 is 0.875 bits per heavy atom. The maximum absolute atomic E-state index is 13.3. The molecule has 40 heavy (non-hydrogen) atoms. The maximum atomic E-state index is 13.3. The van der Waals surface area contributed by atoms with Crippen LogP contribution in [0.1, 0.15) is 21.5 Å². The molecule has 200 valence electrons. The van der Waals surface area contributed by atoms with Crippen LogP contribution in [-0.2, 0) is 6.54 Å². The number of hydrogen-bond donors (Lipinski definition) is 1. The SMILES string of the molecule is COc1cc(OC)cc(-c2cc(C)ccc2Sc2ncccc2C(=O)NCc2ccc(-c3nncnn3)cc2)c1. The minimum absolute atomic E-state index is 0.212. The highest BCUT2D eigenvalue weighted by Crippen LogP contribution is 2.39. The van der Waals surface area contributed by atoms with Gasteiger partial charge in [-0.15, -0.1) is 20.4 Å². The first-order valence-electron chi connectivity index (χ1n) is 12.4. The summed E-state index contributed by atoms with van der Waals surface area (Å²) in [6.07, 6.45) is 2.98. The van der Waals surface area contributed by atoms with Crippen molar-refractivity contribution in [2.45, 2.75) is 23.4 Å². The molecule has 0 radical (unpaired) electrons. The van der Waals surface area contributed by atoms with E-state index in [1.165, 1.54) is 18.1 Å². The first-order valence-corrected chi connectivity index (χ1v) is 13.2. The van der Waals surface area contributed by atoms with E-state index in [0.717, 1.165) is 32.7 Å². The van der Waals surface area contributed by atoms with Gasteiger partial charge >= 0.3 is 0 Å². The normalized spacial score (nSPS) is 10.7. The van der Waals surface area contributed by atoms with Crippen LogP contribution in [0.5, 0.6) is 11.5 Å². The van der Waals surface area contributed by atoms with Gasteiger partial charge in [0.05, 0.1) is 19.8 Å². The van der Waals surface area contributed by atoms with Crippen molar-refractivity contribution in [1.82, 2.24) is 30.7 Å². The van der Waals surface area contributed by atoms with E-state index in [0.29, 0.717) is 34.5 Å². The van der Waals surface area contributed by atoms with E-state index >= 15 is 0 Å². The lowest BCUT2D eigenvalue weighted by Crippen LogP contribution is -2.23. The summed E-state index contributed by atoms with van der Waals surface area (Å²) in [5.41, 5.74) is 5.27. The Hall–Kier alpha value is -4.83. The minimum Gasteiger partial charge on any atom is -0.497 e. The number of aromatic nitrogens is 5. The molecule has 0 saturated heterocycles.